The van der Waals surface area contributed by atoms with Crippen molar-refractivity contribution in [3.05, 3.63) is 35.9 Å². The van der Waals surface area contributed by atoms with Crippen molar-refractivity contribution in [1.29, 1.82) is 0 Å². The number of sulfonamides is 1. The van der Waals surface area contributed by atoms with E-state index < -0.39 is 34.3 Å². The molecule has 12 heteroatoms. The second kappa shape index (κ2) is 8.49. The Morgan fingerprint density at radius 2 is 1.82 bits per heavy atom. The summed E-state index contributed by atoms with van der Waals surface area (Å²) >= 11 is 0. The van der Waals surface area contributed by atoms with Crippen LogP contribution >= 0.6 is 0 Å². The Balaban J connectivity index is 1.19. The number of benzene rings is 1. The molecule has 4 aliphatic rings. The van der Waals surface area contributed by atoms with Crippen molar-refractivity contribution in [2.45, 2.75) is 43.1 Å². The quantitative estimate of drug-likeness (QED) is 0.617. The second-order valence-electron chi connectivity index (χ2n) is 9.45. The van der Waals surface area contributed by atoms with Gasteiger partial charge < -0.3 is 15.1 Å². The summed E-state index contributed by atoms with van der Waals surface area (Å²) in [6, 6.07) is 7.26. The van der Waals surface area contributed by atoms with Crippen molar-refractivity contribution < 1.29 is 27.2 Å². The minimum absolute atomic E-state index is 0.0504. The van der Waals surface area contributed by atoms with E-state index in [1.165, 1.54) is 14.7 Å². The summed E-state index contributed by atoms with van der Waals surface area (Å²) in [5.41, 5.74) is 1.10. The van der Waals surface area contributed by atoms with Gasteiger partial charge in [-0.2, -0.15) is 4.31 Å². The average Bonchev–Trinajstić information content (AvgIpc) is 3.55. The number of piperidine rings is 1. The topological polar surface area (TPSA) is 110 Å². The van der Waals surface area contributed by atoms with Crippen molar-refractivity contribution in [1.82, 2.24) is 24.3 Å². The molecule has 1 saturated carbocycles. The fourth-order valence-electron chi connectivity index (χ4n) is 5.22. The van der Waals surface area contributed by atoms with Crippen LogP contribution in [0, 0.1) is 0 Å². The number of hydrogen-bond donors (Lipinski definition) is 1. The molecule has 0 radical (unpaired) electrons. The van der Waals surface area contributed by atoms with E-state index in [9.17, 15) is 27.2 Å². The molecule has 3 aliphatic heterocycles. The van der Waals surface area contributed by atoms with Gasteiger partial charge >= 0.3 is 12.1 Å². The zero-order valence-corrected chi connectivity index (χ0v) is 19.7. The van der Waals surface area contributed by atoms with Crippen LogP contribution in [0.3, 0.4) is 0 Å². The number of hydrogen-bond acceptors (Lipinski definition) is 5. The van der Waals surface area contributed by atoms with E-state index in [4.69, 9.17) is 0 Å². The average molecular weight is 494 g/mol. The van der Waals surface area contributed by atoms with E-state index in [1.54, 1.807) is 0 Å². The normalized spacial score (nSPS) is 32.1. The highest BCUT2D eigenvalue weighted by Crippen LogP contribution is 2.46. The molecule has 10 nitrogen and oxygen atoms in total. The summed E-state index contributed by atoms with van der Waals surface area (Å²) in [6.45, 7) is 0.349. The first kappa shape index (κ1) is 23.0. The van der Waals surface area contributed by atoms with Crippen LogP contribution in [0.5, 0.6) is 0 Å². The number of imide groups is 1. The van der Waals surface area contributed by atoms with Gasteiger partial charge in [0, 0.05) is 38.1 Å². The van der Waals surface area contributed by atoms with Crippen LogP contribution in [0.2, 0.25) is 0 Å². The lowest BCUT2D eigenvalue weighted by atomic mass is 10.1. The molecule has 1 aromatic carbocycles. The Hall–Kier alpha value is -2.73. The van der Waals surface area contributed by atoms with Gasteiger partial charge in [0.05, 0.1) is 18.8 Å². The van der Waals surface area contributed by atoms with E-state index in [0.29, 0.717) is 0 Å². The van der Waals surface area contributed by atoms with E-state index in [2.05, 4.69) is 5.32 Å². The molecule has 1 aliphatic carbocycles. The first-order valence-corrected chi connectivity index (χ1v) is 13.3. The van der Waals surface area contributed by atoms with Crippen molar-refractivity contribution in [2.24, 2.45) is 0 Å². The molecule has 0 bridgehead atoms. The maximum Gasteiger partial charge on any atom is 0.327 e. The molecule has 1 aromatic rings. The zero-order valence-electron chi connectivity index (χ0n) is 18.8. The SMILES string of the molecule is CS(=O)(=O)N1CC[C@H](NC(=O)N2CCN3C(=O)N([C@H]4C[C@@H]4c4ccccc4)C(=O)[C@@H]3C2)[C@@H](F)C1. The summed E-state index contributed by atoms with van der Waals surface area (Å²) in [7, 11) is -3.49. The molecular weight excluding hydrogens is 465 g/mol. The Labute approximate surface area is 197 Å². The predicted octanol–water partition coefficient (Wildman–Crippen LogP) is 0.573. The summed E-state index contributed by atoms with van der Waals surface area (Å²) in [5.74, 6) is -0.162. The number of carbonyl (C=O) groups excluding carboxylic acids is 3. The van der Waals surface area contributed by atoms with Gasteiger partial charge in [0.1, 0.15) is 12.2 Å². The lowest BCUT2D eigenvalue weighted by Gasteiger charge is -2.38. The van der Waals surface area contributed by atoms with Crippen LogP contribution in [0.1, 0.15) is 24.3 Å². The Bertz CT molecular complexity index is 1100. The lowest BCUT2D eigenvalue weighted by molar-refractivity contribution is -0.129. The molecule has 34 heavy (non-hydrogen) atoms. The largest absolute Gasteiger partial charge is 0.332 e. The molecule has 1 N–H and O–H groups in total. The van der Waals surface area contributed by atoms with Gasteiger partial charge in [-0.3, -0.25) is 9.69 Å². The number of halogens is 1. The summed E-state index contributed by atoms with van der Waals surface area (Å²) in [4.78, 5) is 43.2. The minimum atomic E-state index is -3.49. The predicted molar refractivity (Wildman–Crippen MR) is 120 cm³/mol. The number of nitrogens with zero attached hydrogens (tertiary/aromatic N) is 4. The van der Waals surface area contributed by atoms with Gasteiger partial charge in [-0.05, 0) is 18.4 Å². The Morgan fingerprint density at radius 1 is 1.09 bits per heavy atom. The van der Waals surface area contributed by atoms with E-state index in [1.807, 2.05) is 30.3 Å². The molecule has 184 valence electrons. The van der Waals surface area contributed by atoms with Crippen molar-refractivity contribution in [3.8, 4) is 0 Å². The third-order valence-electron chi connectivity index (χ3n) is 7.24. The molecule has 5 amide bonds. The van der Waals surface area contributed by atoms with Crippen LogP contribution in [0.4, 0.5) is 14.0 Å². The van der Waals surface area contributed by atoms with E-state index in [0.717, 1.165) is 22.5 Å². The van der Waals surface area contributed by atoms with Gasteiger partial charge in [-0.25, -0.2) is 22.4 Å². The number of rotatable bonds is 4. The van der Waals surface area contributed by atoms with Gasteiger partial charge in [0.25, 0.3) is 5.91 Å². The van der Waals surface area contributed by atoms with Crippen molar-refractivity contribution in [2.75, 3.05) is 39.0 Å². The minimum Gasteiger partial charge on any atom is -0.332 e. The van der Waals surface area contributed by atoms with Gasteiger partial charge in [0.2, 0.25) is 10.0 Å². The summed E-state index contributed by atoms with van der Waals surface area (Å²) in [6.07, 6.45) is 0.405. The fraction of sp³-hybridized carbons (Fsp3) is 0.591. The maximum atomic E-state index is 14.6. The molecule has 5 rings (SSSR count). The summed E-state index contributed by atoms with van der Waals surface area (Å²) < 4.78 is 38.9. The van der Waals surface area contributed by atoms with Gasteiger partial charge in [-0.1, -0.05) is 30.3 Å². The third-order valence-corrected chi connectivity index (χ3v) is 8.51. The molecule has 3 heterocycles. The molecule has 5 atom stereocenters. The number of carbonyl (C=O) groups is 3. The summed E-state index contributed by atoms with van der Waals surface area (Å²) in [5, 5.41) is 2.65. The Morgan fingerprint density at radius 3 is 2.50 bits per heavy atom. The maximum absolute atomic E-state index is 14.6. The van der Waals surface area contributed by atoms with Crippen LogP contribution < -0.4 is 5.32 Å². The van der Waals surface area contributed by atoms with Crippen LogP contribution in [-0.4, -0.2) is 109 Å². The van der Waals surface area contributed by atoms with Gasteiger partial charge in [0.15, 0.2) is 0 Å². The number of alkyl halides is 1. The molecule has 3 saturated heterocycles. The molecule has 0 unspecified atom stereocenters. The highest BCUT2D eigenvalue weighted by atomic mass is 32.2. The number of urea groups is 2. The highest BCUT2D eigenvalue weighted by Gasteiger charge is 2.56. The number of nitrogens with one attached hydrogen (secondary N) is 1. The number of piperazine rings is 1. The van der Waals surface area contributed by atoms with Crippen molar-refractivity contribution in [3.63, 3.8) is 0 Å². The van der Waals surface area contributed by atoms with E-state index >= 15 is 0 Å². The standard InChI is InChI=1S/C22H28FN5O5S/c1-34(32,33)26-8-7-17(16(23)12-26)24-21(30)25-9-10-27-19(13-25)20(29)28(22(27)31)18-11-15(18)14-5-3-2-4-6-14/h2-6,15-19H,7-13H2,1H3,(H,24,30)/t15-,16+,17+,18+,19+/m1/s1. The zero-order chi connectivity index (χ0) is 24.2. The van der Waals surface area contributed by atoms with Crippen LogP contribution in [0.25, 0.3) is 0 Å². The number of fused-ring (bicyclic) bond motifs is 1. The van der Waals surface area contributed by atoms with Crippen molar-refractivity contribution >= 4 is 28.0 Å². The first-order chi connectivity index (χ1) is 16.1. The Kier molecular flexibility index (Phi) is 5.75. The smallest absolute Gasteiger partial charge is 0.327 e. The third kappa shape index (κ3) is 4.13. The molecule has 0 spiro atoms. The van der Waals surface area contributed by atoms with Crippen LogP contribution in [0.15, 0.2) is 30.3 Å². The van der Waals surface area contributed by atoms with Gasteiger partial charge in [-0.15, -0.1) is 0 Å². The van der Waals surface area contributed by atoms with Crippen LogP contribution in [-0.2, 0) is 14.8 Å². The first-order valence-electron chi connectivity index (χ1n) is 11.5. The second-order valence-corrected chi connectivity index (χ2v) is 11.4. The molecular formula is C22H28FN5O5S. The van der Waals surface area contributed by atoms with E-state index in [-0.39, 0.29) is 63.0 Å². The number of amides is 5. The fourth-order valence-corrected chi connectivity index (χ4v) is 6.07. The highest BCUT2D eigenvalue weighted by molar-refractivity contribution is 7.88. The molecule has 4 fully saturated rings. The monoisotopic (exact) mass is 493 g/mol. The molecule has 0 aromatic heterocycles. The lowest BCUT2D eigenvalue weighted by Crippen LogP contribution is -2.60.